The van der Waals surface area contributed by atoms with Crippen molar-refractivity contribution in [3.8, 4) is 5.75 Å². The number of nitrogens with zero attached hydrogens (tertiary/aromatic N) is 3. The Hall–Kier alpha value is -3.23. The molecule has 0 spiro atoms. The number of carbonyl (C=O) groups excluding carboxylic acids is 1. The fourth-order valence-corrected chi connectivity index (χ4v) is 2.30. The van der Waals surface area contributed by atoms with Crippen LogP contribution in [0.25, 0.3) is 0 Å². The van der Waals surface area contributed by atoms with Crippen LogP contribution in [0.1, 0.15) is 47.3 Å². The van der Waals surface area contributed by atoms with Crippen LogP contribution in [0, 0.1) is 12.7 Å². The predicted molar refractivity (Wildman–Crippen MR) is 88.9 cm³/mol. The van der Waals surface area contributed by atoms with Crippen LogP contribution < -0.4 is 10.1 Å². The number of ether oxygens (including phenoxy) is 1. The smallest absolute Gasteiger partial charge is 0.272 e. The Morgan fingerprint density at radius 1 is 1.42 bits per heavy atom. The molecule has 1 amide bonds. The number of H-pyrrole nitrogens is 1. The van der Waals surface area contributed by atoms with Gasteiger partial charge in [0, 0.05) is 6.07 Å². The molecular formula is C17H18FN5O3. The Morgan fingerprint density at radius 2 is 2.27 bits per heavy atom. The Morgan fingerprint density at radius 3 is 2.96 bits per heavy atom. The molecule has 0 bridgehead atoms. The lowest BCUT2D eigenvalue weighted by Crippen LogP contribution is -2.28. The Balaban J connectivity index is 1.60. The lowest BCUT2D eigenvalue weighted by atomic mass is 10.2. The maximum Gasteiger partial charge on any atom is 0.272 e. The van der Waals surface area contributed by atoms with Gasteiger partial charge in [0.15, 0.2) is 5.82 Å². The SMILES string of the molecule is CC[C@H](NC(=O)c1cc(COc2cccc(F)c2)[nH]n1)c1nc(C)no1. The minimum atomic E-state index is -0.396. The van der Waals surface area contributed by atoms with E-state index in [1.54, 1.807) is 25.1 Å². The standard InChI is InChI=1S/C17H18FN5O3/c1-3-14(17-19-10(2)23-26-17)20-16(24)15-8-12(21-22-15)9-25-13-6-4-5-11(18)7-13/h4-8,14H,3,9H2,1-2H3,(H,20,24)(H,21,22)/t14-/m0/s1. The van der Waals surface area contributed by atoms with Crippen LogP contribution >= 0.6 is 0 Å². The number of amides is 1. The summed E-state index contributed by atoms with van der Waals surface area (Å²) in [4.78, 5) is 16.5. The van der Waals surface area contributed by atoms with E-state index in [1.807, 2.05) is 6.92 Å². The molecule has 0 radical (unpaired) electrons. The van der Waals surface area contributed by atoms with Gasteiger partial charge < -0.3 is 14.6 Å². The molecule has 2 aromatic heterocycles. The minimum absolute atomic E-state index is 0.129. The van der Waals surface area contributed by atoms with Crippen LogP contribution in [0.5, 0.6) is 5.75 Å². The number of halogens is 1. The molecule has 2 heterocycles. The van der Waals surface area contributed by atoms with Gasteiger partial charge in [-0.25, -0.2) is 4.39 Å². The van der Waals surface area contributed by atoms with E-state index in [1.165, 1.54) is 12.1 Å². The van der Waals surface area contributed by atoms with Gasteiger partial charge in [-0.05, 0) is 31.5 Å². The van der Waals surface area contributed by atoms with Gasteiger partial charge in [0.05, 0.1) is 5.69 Å². The van der Waals surface area contributed by atoms with E-state index < -0.39 is 6.04 Å². The van der Waals surface area contributed by atoms with Crippen LogP contribution in [-0.2, 0) is 6.61 Å². The van der Waals surface area contributed by atoms with E-state index >= 15 is 0 Å². The quantitative estimate of drug-likeness (QED) is 0.672. The highest BCUT2D eigenvalue weighted by atomic mass is 19.1. The van der Waals surface area contributed by atoms with E-state index in [-0.39, 0.29) is 24.0 Å². The van der Waals surface area contributed by atoms with Crippen LogP contribution in [0.4, 0.5) is 4.39 Å². The van der Waals surface area contributed by atoms with E-state index in [4.69, 9.17) is 9.26 Å². The predicted octanol–water partition coefficient (Wildman–Crippen LogP) is 2.70. The van der Waals surface area contributed by atoms with Crippen molar-refractivity contribution in [1.29, 1.82) is 0 Å². The second kappa shape index (κ2) is 7.77. The molecule has 26 heavy (non-hydrogen) atoms. The summed E-state index contributed by atoms with van der Waals surface area (Å²) >= 11 is 0. The largest absolute Gasteiger partial charge is 0.487 e. The van der Waals surface area contributed by atoms with Crippen LogP contribution in [0.2, 0.25) is 0 Å². The number of carbonyl (C=O) groups is 1. The number of benzene rings is 1. The molecule has 2 N–H and O–H groups in total. The number of nitrogens with one attached hydrogen (secondary N) is 2. The van der Waals surface area contributed by atoms with Gasteiger partial charge in [-0.15, -0.1) is 0 Å². The van der Waals surface area contributed by atoms with Crippen molar-refractivity contribution in [3.05, 3.63) is 59.3 Å². The summed E-state index contributed by atoms with van der Waals surface area (Å²) in [5, 5.41) is 13.2. The third-order valence-corrected chi connectivity index (χ3v) is 3.61. The first-order valence-electron chi connectivity index (χ1n) is 8.09. The van der Waals surface area contributed by atoms with E-state index in [9.17, 15) is 9.18 Å². The monoisotopic (exact) mass is 359 g/mol. The first-order valence-corrected chi connectivity index (χ1v) is 8.09. The summed E-state index contributed by atoms with van der Waals surface area (Å²) in [7, 11) is 0. The van der Waals surface area contributed by atoms with E-state index in [0.29, 0.717) is 29.6 Å². The minimum Gasteiger partial charge on any atom is -0.487 e. The van der Waals surface area contributed by atoms with Crippen molar-refractivity contribution in [2.24, 2.45) is 0 Å². The Kier molecular flexibility index (Phi) is 5.26. The fourth-order valence-electron chi connectivity index (χ4n) is 2.30. The molecule has 3 aromatic rings. The molecule has 8 nitrogen and oxygen atoms in total. The molecule has 1 aromatic carbocycles. The molecule has 3 rings (SSSR count). The van der Waals surface area contributed by atoms with Crippen LogP contribution in [-0.4, -0.2) is 26.2 Å². The third kappa shape index (κ3) is 4.24. The molecule has 0 saturated heterocycles. The van der Waals surface area contributed by atoms with Gasteiger partial charge in [0.2, 0.25) is 5.89 Å². The number of hydrogen-bond acceptors (Lipinski definition) is 6. The zero-order valence-electron chi connectivity index (χ0n) is 14.3. The highest BCUT2D eigenvalue weighted by Gasteiger charge is 2.21. The number of aromatic nitrogens is 4. The first kappa shape index (κ1) is 17.6. The summed E-state index contributed by atoms with van der Waals surface area (Å²) in [6.07, 6.45) is 0.591. The van der Waals surface area contributed by atoms with Gasteiger partial charge in [-0.1, -0.05) is 18.1 Å². The number of aryl methyl sites for hydroxylation is 1. The molecule has 0 aliphatic heterocycles. The second-order valence-corrected chi connectivity index (χ2v) is 5.64. The van der Waals surface area contributed by atoms with Gasteiger partial charge in [-0.2, -0.15) is 10.1 Å². The molecule has 0 aliphatic rings. The highest BCUT2D eigenvalue weighted by Crippen LogP contribution is 2.16. The molecule has 0 aliphatic carbocycles. The maximum atomic E-state index is 13.1. The molecule has 1 atom stereocenters. The molecular weight excluding hydrogens is 341 g/mol. The fraction of sp³-hybridized carbons (Fsp3) is 0.294. The number of aromatic amines is 1. The molecule has 0 fully saturated rings. The van der Waals surface area contributed by atoms with E-state index in [0.717, 1.165) is 0 Å². The zero-order valence-corrected chi connectivity index (χ0v) is 14.3. The van der Waals surface area contributed by atoms with Crippen molar-refractivity contribution in [1.82, 2.24) is 25.7 Å². The summed E-state index contributed by atoms with van der Waals surface area (Å²) in [6, 6.07) is 6.99. The van der Waals surface area contributed by atoms with Crippen molar-refractivity contribution in [3.63, 3.8) is 0 Å². The topological polar surface area (TPSA) is 106 Å². The molecule has 0 saturated carbocycles. The zero-order chi connectivity index (χ0) is 18.5. The second-order valence-electron chi connectivity index (χ2n) is 5.64. The summed E-state index contributed by atoms with van der Waals surface area (Å²) in [6.45, 7) is 3.73. The lowest BCUT2D eigenvalue weighted by Gasteiger charge is -2.11. The van der Waals surface area contributed by atoms with Gasteiger partial charge in [0.1, 0.15) is 29.9 Å². The van der Waals surface area contributed by atoms with Crippen molar-refractivity contribution < 1.29 is 18.4 Å². The van der Waals surface area contributed by atoms with Crippen molar-refractivity contribution >= 4 is 5.91 Å². The lowest BCUT2D eigenvalue weighted by molar-refractivity contribution is 0.0922. The van der Waals surface area contributed by atoms with Crippen molar-refractivity contribution in [2.75, 3.05) is 0 Å². The summed E-state index contributed by atoms with van der Waals surface area (Å²) < 4.78 is 23.7. The maximum absolute atomic E-state index is 13.1. The van der Waals surface area contributed by atoms with Gasteiger partial charge in [0.25, 0.3) is 5.91 Å². The van der Waals surface area contributed by atoms with Gasteiger partial charge >= 0.3 is 0 Å². The molecule has 0 unspecified atom stereocenters. The highest BCUT2D eigenvalue weighted by molar-refractivity contribution is 5.92. The third-order valence-electron chi connectivity index (χ3n) is 3.61. The average Bonchev–Trinajstić information content (AvgIpc) is 3.27. The van der Waals surface area contributed by atoms with E-state index in [2.05, 4.69) is 25.7 Å². The van der Waals surface area contributed by atoms with Crippen molar-refractivity contribution in [2.45, 2.75) is 32.9 Å². The number of rotatable bonds is 7. The van der Waals surface area contributed by atoms with Crippen LogP contribution in [0.3, 0.4) is 0 Å². The summed E-state index contributed by atoms with van der Waals surface area (Å²) in [5.41, 5.74) is 0.790. The first-order chi connectivity index (χ1) is 12.5. The molecule has 136 valence electrons. The Bertz CT molecular complexity index is 892. The average molecular weight is 359 g/mol. The molecule has 9 heteroatoms. The normalized spacial score (nSPS) is 12.0. The van der Waals surface area contributed by atoms with Crippen LogP contribution in [0.15, 0.2) is 34.9 Å². The number of hydrogen-bond donors (Lipinski definition) is 2. The Labute approximate surface area is 148 Å². The van der Waals surface area contributed by atoms with Gasteiger partial charge in [-0.3, -0.25) is 9.89 Å². The summed E-state index contributed by atoms with van der Waals surface area (Å²) in [5.74, 6) is 0.492.